The van der Waals surface area contributed by atoms with Gasteiger partial charge in [-0.1, -0.05) is 43.7 Å². The molecule has 0 aliphatic carbocycles. The molecule has 0 radical (unpaired) electrons. The Morgan fingerprint density at radius 1 is 1.29 bits per heavy atom. The molecular formula is C17H27ClN2O. The summed E-state index contributed by atoms with van der Waals surface area (Å²) >= 11 is 0. The first-order valence-corrected chi connectivity index (χ1v) is 7.81. The molecule has 0 spiro atoms. The van der Waals surface area contributed by atoms with Gasteiger partial charge in [0.2, 0.25) is 5.91 Å². The molecule has 2 unspecified atom stereocenters. The van der Waals surface area contributed by atoms with Gasteiger partial charge in [0.25, 0.3) is 0 Å². The third-order valence-corrected chi connectivity index (χ3v) is 4.23. The molecule has 1 saturated heterocycles. The van der Waals surface area contributed by atoms with Crippen molar-refractivity contribution in [2.45, 2.75) is 51.0 Å². The number of halogens is 1. The highest BCUT2D eigenvalue weighted by molar-refractivity contribution is 5.85. The Labute approximate surface area is 134 Å². The van der Waals surface area contributed by atoms with Crippen LogP contribution in [0.2, 0.25) is 0 Å². The molecule has 2 N–H and O–H groups in total. The number of rotatable bonds is 4. The van der Waals surface area contributed by atoms with Crippen LogP contribution in [0.25, 0.3) is 0 Å². The zero-order valence-electron chi connectivity index (χ0n) is 12.8. The Hall–Kier alpha value is -1.06. The first-order chi connectivity index (χ1) is 9.72. The number of amides is 1. The van der Waals surface area contributed by atoms with Crippen molar-refractivity contribution in [1.82, 2.24) is 4.90 Å². The van der Waals surface area contributed by atoms with Crippen LogP contribution >= 0.6 is 12.4 Å². The van der Waals surface area contributed by atoms with Gasteiger partial charge in [-0.2, -0.15) is 0 Å². The number of likely N-dealkylation sites (tertiary alicyclic amines) is 1. The van der Waals surface area contributed by atoms with Crippen LogP contribution in [0.5, 0.6) is 0 Å². The van der Waals surface area contributed by atoms with Crippen molar-refractivity contribution in [3.05, 3.63) is 35.9 Å². The van der Waals surface area contributed by atoms with E-state index < -0.39 is 0 Å². The molecular weight excluding hydrogens is 284 g/mol. The van der Waals surface area contributed by atoms with Crippen LogP contribution in [0.4, 0.5) is 0 Å². The summed E-state index contributed by atoms with van der Waals surface area (Å²) in [7, 11) is 0. The van der Waals surface area contributed by atoms with Gasteiger partial charge in [0.1, 0.15) is 0 Å². The summed E-state index contributed by atoms with van der Waals surface area (Å²) in [6.45, 7) is 3.77. The molecule has 0 bridgehead atoms. The number of carbonyl (C=O) groups is 1. The second-order valence-electron chi connectivity index (χ2n) is 5.76. The molecule has 1 heterocycles. The fraction of sp³-hybridized carbons (Fsp3) is 0.588. The standard InChI is InChI=1S/C17H26N2O.ClH/c1-2-7-16(18)17(20)19-12-6-10-15(11-13-19)14-8-4-3-5-9-14;/h3-5,8-9,15-16H,2,6-7,10-13,18H2,1H3;1H. The SMILES string of the molecule is CCCC(N)C(=O)N1CCCC(c2ccccc2)CC1.Cl. The van der Waals surface area contributed by atoms with Gasteiger partial charge >= 0.3 is 0 Å². The Balaban J connectivity index is 0.00000220. The van der Waals surface area contributed by atoms with Crippen LogP contribution in [-0.2, 0) is 4.79 Å². The lowest BCUT2D eigenvalue weighted by molar-refractivity contribution is -0.132. The third-order valence-electron chi connectivity index (χ3n) is 4.23. The smallest absolute Gasteiger partial charge is 0.239 e. The monoisotopic (exact) mass is 310 g/mol. The summed E-state index contributed by atoms with van der Waals surface area (Å²) in [5.74, 6) is 0.719. The molecule has 1 fully saturated rings. The van der Waals surface area contributed by atoms with E-state index in [0.29, 0.717) is 5.92 Å². The van der Waals surface area contributed by atoms with Crippen molar-refractivity contribution >= 4 is 18.3 Å². The summed E-state index contributed by atoms with van der Waals surface area (Å²) in [6.07, 6.45) is 5.04. The van der Waals surface area contributed by atoms with Gasteiger partial charge in [-0.15, -0.1) is 12.4 Å². The molecule has 3 nitrogen and oxygen atoms in total. The van der Waals surface area contributed by atoms with Gasteiger partial charge in [-0.05, 0) is 37.2 Å². The van der Waals surface area contributed by atoms with Crippen LogP contribution in [0.15, 0.2) is 30.3 Å². The fourth-order valence-electron chi connectivity index (χ4n) is 3.04. The van der Waals surface area contributed by atoms with Crippen molar-refractivity contribution in [3.8, 4) is 0 Å². The number of benzene rings is 1. The molecule has 4 heteroatoms. The minimum absolute atomic E-state index is 0. The highest BCUT2D eigenvalue weighted by atomic mass is 35.5. The number of nitrogens with two attached hydrogens (primary N) is 1. The lowest BCUT2D eigenvalue weighted by Gasteiger charge is -2.24. The second kappa shape index (κ2) is 9.06. The summed E-state index contributed by atoms with van der Waals surface area (Å²) in [5.41, 5.74) is 7.37. The minimum atomic E-state index is -0.312. The van der Waals surface area contributed by atoms with Crippen LogP contribution in [0.1, 0.15) is 50.5 Å². The predicted octanol–water partition coefficient (Wildman–Crippen LogP) is 3.33. The average Bonchev–Trinajstić information content (AvgIpc) is 2.73. The zero-order chi connectivity index (χ0) is 14.4. The Bertz CT molecular complexity index is 424. The summed E-state index contributed by atoms with van der Waals surface area (Å²) in [5, 5.41) is 0. The molecule has 2 atom stereocenters. The van der Waals surface area contributed by atoms with E-state index in [1.54, 1.807) is 0 Å². The van der Waals surface area contributed by atoms with Crippen molar-refractivity contribution in [1.29, 1.82) is 0 Å². The lowest BCUT2D eigenvalue weighted by atomic mass is 9.92. The summed E-state index contributed by atoms with van der Waals surface area (Å²) in [6, 6.07) is 10.3. The first-order valence-electron chi connectivity index (χ1n) is 7.81. The van der Waals surface area contributed by atoms with E-state index in [1.807, 2.05) is 4.90 Å². The van der Waals surface area contributed by atoms with E-state index in [4.69, 9.17) is 5.73 Å². The predicted molar refractivity (Wildman–Crippen MR) is 89.7 cm³/mol. The maximum Gasteiger partial charge on any atom is 0.239 e. The maximum absolute atomic E-state index is 12.3. The first kappa shape index (κ1) is 18.0. The van der Waals surface area contributed by atoms with Gasteiger partial charge in [0, 0.05) is 13.1 Å². The highest BCUT2D eigenvalue weighted by Crippen LogP contribution is 2.28. The Morgan fingerprint density at radius 3 is 2.67 bits per heavy atom. The number of nitrogens with zero attached hydrogens (tertiary/aromatic N) is 1. The highest BCUT2D eigenvalue weighted by Gasteiger charge is 2.24. The second-order valence-corrected chi connectivity index (χ2v) is 5.76. The third kappa shape index (κ3) is 5.01. The molecule has 1 amide bonds. The molecule has 0 aromatic heterocycles. The maximum atomic E-state index is 12.3. The van der Waals surface area contributed by atoms with Crippen molar-refractivity contribution in [2.75, 3.05) is 13.1 Å². The molecule has 21 heavy (non-hydrogen) atoms. The van der Waals surface area contributed by atoms with E-state index in [-0.39, 0.29) is 24.4 Å². The number of hydrogen-bond acceptors (Lipinski definition) is 2. The number of hydrogen-bond donors (Lipinski definition) is 1. The van der Waals surface area contributed by atoms with E-state index in [0.717, 1.165) is 45.2 Å². The summed E-state index contributed by atoms with van der Waals surface area (Å²) < 4.78 is 0. The zero-order valence-corrected chi connectivity index (χ0v) is 13.6. The van der Waals surface area contributed by atoms with Gasteiger partial charge in [-0.25, -0.2) is 0 Å². The van der Waals surface area contributed by atoms with Gasteiger partial charge in [0.15, 0.2) is 0 Å². The number of carbonyl (C=O) groups excluding carboxylic acids is 1. The van der Waals surface area contributed by atoms with Crippen LogP contribution in [0.3, 0.4) is 0 Å². The van der Waals surface area contributed by atoms with Crippen molar-refractivity contribution in [3.63, 3.8) is 0 Å². The van der Waals surface area contributed by atoms with E-state index in [9.17, 15) is 4.79 Å². The Kier molecular flexibility index (Phi) is 7.76. The largest absolute Gasteiger partial charge is 0.341 e. The minimum Gasteiger partial charge on any atom is -0.341 e. The molecule has 2 rings (SSSR count). The van der Waals surface area contributed by atoms with E-state index >= 15 is 0 Å². The van der Waals surface area contributed by atoms with Crippen molar-refractivity contribution in [2.24, 2.45) is 5.73 Å². The molecule has 0 saturated carbocycles. The molecule has 1 aromatic rings. The quantitative estimate of drug-likeness (QED) is 0.927. The van der Waals surface area contributed by atoms with Crippen LogP contribution in [-0.4, -0.2) is 29.9 Å². The average molecular weight is 311 g/mol. The van der Waals surface area contributed by atoms with Gasteiger partial charge in [-0.3, -0.25) is 4.79 Å². The molecule has 1 aliphatic rings. The van der Waals surface area contributed by atoms with Crippen LogP contribution in [0, 0.1) is 0 Å². The fourth-order valence-corrected chi connectivity index (χ4v) is 3.04. The van der Waals surface area contributed by atoms with Crippen molar-refractivity contribution < 1.29 is 4.79 Å². The molecule has 1 aromatic carbocycles. The summed E-state index contributed by atoms with van der Waals surface area (Å²) in [4.78, 5) is 14.3. The Morgan fingerprint density at radius 2 is 2.00 bits per heavy atom. The van der Waals surface area contributed by atoms with E-state index in [1.165, 1.54) is 5.56 Å². The van der Waals surface area contributed by atoms with Gasteiger partial charge in [0.05, 0.1) is 6.04 Å². The molecule has 118 valence electrons. The van der Waals surface area contributed by atoms with Crippen LogP contribution < -0.4 is 5.73 Å². The van der Waals surface area contributed by atoms with E-state index in [2.05, 4.69) is 37.3 Å². The topological polar surface area (TPSA) is 46.3 Å². The normalized spacial score (nSPS) is 20.3. The van der Waals surface area contributed by atoms with Gasteiger partial charge < -0.3 is 10.6 Å². The molecule has 1 aliphatic heterocycles. The lowest BCUT2D eigenvalue weighted by Crippen LogP contribution is -2.44.